The molecule has 5 nitrogen and oxygen atoms in total. The van der Waals surface area contributed by atoms with E-state index in [2.05, 4.69) is 29.2 Å². The van der Waals surface area contributed by atoms with Crippen molar-refractivity contribution in [2.24, 2.45) is 0 Å². The number of rotatable bonds is 4. The Balaban J connectivity index is 1.25. The highest BCUT2D eigenvalue weighted by Gasteiger charge is 2.48. The van der Waals surface area contributed by atoms with Crippen LogP contribution >= 0.6 is 0 Å². The molecule has 1 aromatic rings. The van der Waals surface area contributed by atoms with E-state index in [0.717, 1.165) is 25.9 Å². The summed E-state index contributed by atoms with van der Waals surface area (Å²) in [6.07, 6.45) is 4.83. The Labute approximate surface area is 162 Å². The Morgan fingerprint density at radius 1 is 1.04 bits per heavy atom. The van der Waals surface area contributed by atoms with Crippen LogP contribution in [0.5, 0.6) is 0 Å². The molecule has 0 spiro atoms. The van der Waals surface area contributed by atoms with E-state index >= 15 is 0 Å². The summed E-state index contributed by atoms with van der Waals surface area (Å²) < 4.78 is 11.7. The van der Waals surface area contributed by atoms with E-state index in [1.165, 1.54) is 18.4 Å². The van der Waals surface area contributed by atoms with Gasteiger partial charge in [-0.3, -0.25) is 4.90 Å². The maximum absolute atomic E-state index is 12.4. The lowest BCUT2D eigenvalue weighted by molar-refractivity contribution is -0.0862. The molecule has 2 heterocycles. The molecule has 27 heavy (non-hydrogen) atoms. The number of piperazine rings is 1. The van der Waals surface area contributed by atoms with Crippen molar-refractivity contribution in [3.05, 3.63) is 35.9 Å². The summed E-state index contributed by atoms with van der Waals surface area (Å²) in [7, 11) is 0. The molecule has 2 unspecified atom stereocenters. The molecule has 4 rings (SSSR count). The van der Waals surface area contributed by atoms with Crippen molar-refractivity contribution < 1.29 is 14.3 Å². The topological polar surface area (TPSA) is 42.0 Å². The third-order valence-electron chi connectivity index (χ3n) is 6.01. The normalized spacial score (nSPS) is 30.9. The van der Waals surface area contributed by atoms with Gasteiger partial charge in [-0.05, 0) is 52.0 Å². The highest BCUT2D eigenvalue weighted by atomic mass is 16.6. The molecular formula is C22H32N2O3. The van der Waals surface area contributed by atoms with Gasteiger partial charge in [-0.2, -0.15) is 0 Å². The van der Waals surface area contributed by atoms with Crippen LogP contribution in [-0.2, 0) is 16.1 Å². The Hall–Kier alpha value is -1.59. The summed E-state index contributed by atoms with van der Waals surface area (Å²) >= 11 is 0. The molecule has 2 bridgehead atoms. The van der Waals surface area contributed by atoms with Crippen LogP contribution in [0, 0.1) is 0 Å². The maximum Gasteiger partial charge on any atom is 0.410 e. The maximum atomic E-state index is 12.4. The van der Waals surface area contributed by atoms with Gasteiger partial charge in [0.2, 0.25) is 0 Å². The van der Waals surface area contributed by atoms with E-state index in [9.17, 15) is 4.79 Å². The zero-order valence-corrected chi connectivity index (χ0v) is 16.8. The van der Waals surface area contributed by atoms with Crippen molar-refractivity contribution in [2.75, 3.05) is 13.1 Å². The molecule has 2 atom stereocenters. The number of amides is 1. The number of hydrogen-bond acceptors (Lipinski definition) is 4. The highest BCUT2D eigenvalue weighted by molar-refractivity contribution is 5.68. The van der Waals surface area contributed by atoms with Gasteiger partial charge in [0, 0.05) is 31.2 Å². The molecule has 2 saturated heterocycles. The van der Waals surface area contributed by atoms with Crippen molar-refractivity contribution >= 4 is 6.09 Å². The molecule has 5 heteroatoms. The van der Waals surface area contributed by atoms with Gasteiger partial charge >= 0.3 is 6.09 Å². The molecule has 0 aromatic heterocycles. The van der Waals surface area contributed by atoms with Gasteiger partial charge in [-0.15, -0.1) is 0 Å². The monoisotopic (exact) mass is 372 g/mol. The number of carbonyl (C=O) groups excluding carboxylic acids is 1. The van der Waals surface area contributed by atoms with Gasteiger partial charge in [0.05, 0.1) is 12.7 Å². The molecule has 3 fully saturated rings. The number of ether oxygens (including phenoxy) is 2. The van der Waals surface area contributed by atoms with E-state index in [1.807, 2.05) is 31.7 Å². The number of carbonyl (C=O) groups is 1. The number of nitrogens with zero attached hydrogens (tertiary/aromatic N) is 2. The first kappa shape index (κ1) is 18.8. The van der Waals surface area contributed by atoms with Crippen LogP contribution in [0.1, 0.15) is 52.0 Å². The molecular weight excluding hydrogens is 340 g/mol. The minimum absolute atomic E-state index is 0.156. The lowest BCUT2D eigenvalue weighted by atomic mass is 9.86. The first-order valence-electron chi connectivity index (χ1n) is 10.3. The Morgan fingerprint density at radius 3 is 2.26 bits per heavy atom. The fourth-order valence-corrected chi connectivity index (χ4v) is 4.71. The number of benzene rings is 1. The molecule has 2 aliphatic heterocycles. The van der Waals surface area contributed by atoms with E-state index < -0.39 is 5.60 Å². The molecule has 0 radical (unpaired) electrons. The second kappa shape index (κ2) is 7.44. The Morgan fingerprint density at radius 2 is 1.67 bits per heavy atom. The van der Waals surface area contributed by atoms with Gasteiger partial charge in [-0.1, -0.05) is 30.3 Å². The molecule has 3 aliphatic rings. The minimum Gasteiger partial charge on any atom is -0.444 e. The summed E-state index contributed by atoms with van der Waals surface area (Å²) in [5, 5.41) is 0. The predicted octanol–water partition coefficient (Wildman–Crippen LogP) is 3.82. The lowest BCUT2D eigenvalue weighted by Gasteiger charge is -2.50. The summed E-state index contributed by atoms with van der Waals surface area (Å²) in [5.74, 6) is 0. The van der Waals surface area contributed by atoms with E-state index in [4.69, 9.17) is 9.47 Å². The Kier molecular flexibility index (Phi) is 5.17. The summed E-state index contributed by atoms with van der Waals surface area (Å²) in [4.78, 5) is 17.0. The summed E-state index contributed by atoms with van der Waals surface area (Å²) in [6.45, 7) is 8.10. The van der Waals surface area contributed by atoms with Crippen LogP contribution in [0.2, 0.25) is 0 Å². The SMILES string of the molecule is CC(C)(C)OC(=O)N1CC2CCC(C1)N2C1CC(OCc2ccccc2)C1. The minimum atomic E-state index is -0.426. The third kappa shape index (κ3) is 4.30. The van der Waals surface area contributed by atoms with Crippen molar-refractivity contribution in [3.8, 4) is 0 Å². The van der Waals surface area contributed by atoms with Crippen molar-refractivity contribution in [3.63, 3.8) is 0 Å². The second-order valence-corrected chi connectivity index (χ2v) is 9.26. The first-order chi connectivity index (χ1) is 12.9. The third-order valence-corrected chi connectivity index (χ3v) is 6.01. The van der Waals surface area contributed by atoms with Gasteiger partial charge in [0.15, 0.2) is 0 Å². The Bertz CT molecular complexity index is 637. The second-order valence-electron chi connectivity index (χ2n) is 9.26. The highest BCUT2D eigenvalue weighted by Crippen LogP contribution is 2.39. The largest absolute Gasteiger partial charge is 0.444 e. The van der Waals surface area contributed by atoms with E-state index in [-0.39, 0.29) is 6.09 Å². The first-order valence-corrected chi connectivity index (χ1v) is 10.3. The average molecular weight is 373 g/mol. The van der Waals surface area contributed by atoms with Crippen LogP contribution in [0.25, 0.3) is 0 Å². The molecule has 148 valence electrons. The number of likely N-dealkylation sites (tertiary alicyclic amines) is 1. The standard InChI is InChI=1S/C22H32N2O3/c1-22(2,3)27-21(25)23-13-17-9-10-18(14-23)24(17)19-11-20(12-19)26-15-16-7-5-4-6-8-16/h4-8,17-20H,9-15H2,1-3H3. The quantitative estimate of drug-likeness (QED) is 0.806. The van der Waals surface area contributed by atoms with Crippen LogP contribution < -0.4 is 0 Å². The van der Waals surface area contributed by atoms with Crippen molar-refractivity contribution in [1.82, 2.24) is 9.80 Å². The zero-order chi connectivity index (χ0) is 19.0. The fraction of sp³-hybridized carbons (Fsp3) is 0.682. The zero-order valence-electron chi connectivity index (χ0n) is 16.8. The van der Waals surface area contributed by atoms with Crippen molar-refractivity contribution in [1.29, 1.82) is 0 Å². The van der Waals surface area contributed by atoms with Crippen LogP contribution in [0.3, 0.4) is 0 Å². The van der Waals surface area contributed by atoms with E-state index in [1.54, 1.807) is 0 Å². The molecule has 1 saturated carbocycles. The summed E-state index contributed by atoms with van der Waals surface area (Å²) in [5.41, 5.74) is 0.817. The van der Waals surface area contributed by atoms with Gasteiger partial charge < -0.3 is 14.4 Å². The van der Waals surface area contributed by atoms with E-state index in [0.29, 0.717) is 30.8 Å². The summed E-state index contributed by atoms with van der Waals surface area (Å²) in [6, 6.07) is 12.0. The lowest BCUT2D eigenvalue weighted by Crippen LogP contribution is -2.62. The number of hydrogen-bond donors (Lipinski definition) is 0. The molecule has 1 amide bonds. The van der Waals surface area contributed by atoms with Crippen LogP contribution in [0.4, 0.5) is 4.79 Å². The predicted molar refractivity (Wildman–Crippen MR) is 104 cm³/mol. The van der Waals surface area contributed by atoms with Crippen LogP contribution in [-0.4, -0.2) is 58.8 Å². The van der Waals surface area contributed by atoms with Gasteiger partial charge in [0.25, 0.3) is 0 Å². The average Bonchev–Trinajstić information content (AvgIpc) is 2.82. The fourth-order valence-electron chi connectivity index (χ4n) is 4.71. The smallest absolute Gasteiger partial charge is 0.410 e. The van der Waals surface area contributed by atoms with Gasteiger partial charge in [-0.25, -0.2) is 4.79 Å². The van der Waals surface area contributed by atoms with Crippen LogP contribution in [0.15, 0.2) is 30.3 Å². The number of fused-ring (bicyclic) bond motifs is 2. The van der Waals surface area contributed by atoms with Gasteiger partial charge in [0.1, 0.15) is 5.60 Å². The molecule has 1 aromatic carbocycles. The molecule has 1 aliphatic carbocycles. The molecule has 0 N–H and O–H groups in total. The van der Waals surface area contributed by atoms with Crippen molar-refractivity contribution in [2.45, 2.75) is 82.9 Å².